The van der Waals surface area contributed by atoms with Crippen molar-refractivity contribution in [1.29, 1.82) is 0 Å². The molecule has 0 aliphatic heterocycles. The third kappa shape index (κ3) is 11.5. The Hall–Kier alpha value is -2.10. The Morgan fingerprint density at radius 3 is 2.25 bits per heavy atom. The number of unbranched alkanes of at least 4 members (excludes halogenated alkanes) is 1. The quantitative estimate of drug-likeness (QED) is 0.161. The molecule has 0 heterocycles. The normalized spacial score (nSPS) is 11.2. The van der Waals surface area contributed by atoms with Crippen LogP contribution in [0.15, 0.2) is 5.28 Å². The molecule has 140 valence electrons. The second-order valence-electron chi connectivity index (χ2n) is 4.86. The first-order chi connectivity index (χ1) is 11.5. The van der Waals surface area contributed by atoms with Crippen LogP contribution in [0.4, 0.5) is 0 Å². The molecule has 10 heteroatoms. The summed E-state index contributed by atoms with van der Waals surface area (Å²) in [6, 6.07) is 0. The van der Waals surface area contributed by atoms with E-state index in [-0.39, 0.29) is 30.5 Å². The fourth-order valence-electron chi connectivity index (χ4n) is 1.88. The number of hydrogen-bond acceptors (Lipinski definition) is 8. The number of hydrogen-bond donors (Lipinski definition) is 1. The van der Waals surface area contributed by atoms with Gasteiger partial charge in [-0.2, -0.15) is 0 Å². The predicted octanol–water partition coefficient (Wildman–Crippen LogP) is 0.940. The van der Waals surface area contributed by atoms with Crippen molar-refractivity contribution in [3.05, 3.63) is 10.4 Å². The molecule has 0 saturated carbocycles. The molecule has 0 rings (SSSR count). The highest BCUT2D eigenvalue weighted by molar-refractivity contribution is 5.69. The minimum Gasteiger partial charge on any atom is -0.737 e. The molecule has 0 radical (unpaired) electrons. The fourth-order valence-corrected chi connectivity index (χ4v) is 1.88. The Bertz CT molecular complexity index is 391. The molecule has 1 N–H and O–H groups in total. The van der Waals surface area contributed by atoms with Crippen molar-refractivity contribution in [2.75, 3.05) is 39.4 Å². The van der Waals surface area contributed by atoms with Crippen LogP contribution in [0.25, 0.3) is 0 Å². The summed E-state index contributed by atoms with van der Waals surface area (Å²) < 4.78 is 9.57. The Kier molecular flexibility index (Phi) is 13.2. The lowest BCUT2D eigenvalue weighted by Gasteiger charge is -2.19. The summed E-state index contributed by atoms with van der Waals surface area (Å²) in [6.07, 6.45) is 1.69. The van der Waals surface area contributed by atoms with E-state index in [2.05, 4.69) is 10.6 Å². The highest BCUT2D eigenvalue weighted by atomic mass is 16.6. The molecule has 0 aromatic rings. The molecule has 0 fully saturated rings. The first-order valence-corrected chi connectivity index (χ1v) is 8.12. The molecule has 0 unspecified atom stereocenters. The lowest BCUT2D eigenvalue weighted by Crippen LogP contribution is -2.34. The second-order valence-corrected chi connectivity index (χ2v) is 4.86. The van der Waals surface area contributed by atoms with Crippen molar-refractivity contribution in [3.8, 4) is 0 Å². The van der Waals surface area contributed by atoms with Crippen LogP contribution in [0.5, 0.6) is 0 Å². The fraction of sp³-hybridized carbons (Fsp3) is 0.857. The van der Waals surface area contributed by atoms with Crippen LogP contribution in [0.3, 0.4) is 0 Å². The van der Waals surface area contributed by atoms with Crippen LogP contribution in [0.2, 0.25) is 0 Å². The minimum atomic E-state index is -0.428. The van der Waals surface area contributed by atoms with E-state index in [1.807, 2.05) is 0 Å². The van der Waals surface area contributed by atoms with Crippen LogP contribution in [0, 0.1) is 10.4 Å². The topological polar surface area (TPSA) is 129 Å². The van der Waals surface area contributed by atoms with Crippen molar-refractivity contribution in [3.63, 3.8) is 0 Å². The molecule has 0 aliphatic rings. The van der Waals surface area contributed by atoms with Gasteiger partial charge in [0.1, 0.15) is 0 Å². The Balaban J connectivity index is 3.87. The van der Waals surface area contributed by atoms with Crippen molar-refractivity contribution in [1.82, 2.24) is 10.3 Å². The van der Waals surface area contributed by atoms with Gasteiger partial charge in [-0.15, -0.1) is 5.01 Å². The van der Waals surface area contributed by atoms with E-state index < -0.39 is 5.97 Å². The molecule has 0 amide bonds. The molecular weight excluding hydrogens is 320 g/mol. The monoisotopic (exact) mass is 347 g/mol. The number of ether oxygens (including phenoxy) is 2. The van der Waals surface area contributed by atoms with Gasteiger partial charge in [0.15, 0.2) is 0 Å². The number of hydrazine groups is 1. The SMILES string of the molecule is CCOC(=O)CCNCCCCN(CCC(=O)OCC)/[N+]([O-])=N/[O-]. The number of nitrogens with one attached hydrogen (secondary N) is 1. The molecule has 0 atom stereocenters. The molecule has 24 heavy (non-hydrogen) atoms. The Morgan fingerprint density at radius 1 is 1.04 bits per heavy atom. The standard InChI is InChI=1S/C14H28N4O6/c1-3-23-13(19)7-10-15-9-5-6-11-17(18(22)16-21)12-8-14(20)24-4-2/h15,21H,3-12H2,1-2H3/p-1/b18-16-. The zero-order valence-corrected chi connectivity index (χ0v) is 14.4. The molecule has 0 aromatic carbocycles. The molecule has 0 saturated heterocycles. The Labute approximate surface area is 141 Å². The van der Waals surface area contributed by atoms with Crippen LogP contribution >= 0.6 is 0 Å². The lowest BCUT2D eigenvalue weighted by molar-refractivity contribution is -0.690. The number of carbonyl (C=O) groups excluding carboxylic acids is 2. The first kappa shape index (κ1) is 21.9. The lowest BCUT2D eigenvalue weighted by atomic mass is 10.3. The van der Waals surface area contributed by atoms with Gasteiger partial charge < -0.3 is 25.2 Å². The van der Waals surface area contributed by atoms with Gasteiger partial charge in [-0.1, -0.05) is 0 Å². The smallest absolute Gasteiger partial charge is 0.307 e. The summed E-state index contributed by atoms with van der Waals surface area (Å²) in [5.74, 6) is -0.670. The van der Waals surface area contributed by atoms with Crippen molar-refractivity contribution in [2.45, 2.75) is 39.5 Å². The molecular formula is C14H27N4O6-. The zero-order valence-electron chi connectivity index (χ0n) is 14.4. The van der Waals surface area contributed by atoms with E-state index >= 15 is 0 Å². The summed E-state index contributed by atoms with van der Waals surface area (Å²) in [5.41, 5.74) is 0. The van der Waals surface area contributed by atoms with Crippen LogP contribution in [0.1, 0.15) is 39.5 Å². The van der Waals surface area contributed by atoms with Gasteiger partial charge in [0, 0.05) is 11.5 Å². The minimum absolute atomic E-state index is 0.0138. The third-order valence-electron chi connectivity index (χ3n) is 3.02. The van der Waals surface area contributed by atoms with Crippen LogP contribution in [-0.2, 0) is 19.1 Å². The van der Waals surface area contributed by atoms with Gasteiger partial charge in [0.2, 0.25) is 0 Å². The zero-order chi connectivity index (χ0) is 18.2. The van der Waals surface area contributed by atoms with Gasteiger partial charge in [-0.3, -0.25) is 9.59 Å². The van der Waals surface area contributed by atoms with Gasteiger partial charge >= 0.3 is 11.9 Å². The number of rotatable bonds is 14. The van der Waals surface area contributed by atoms with Crippen molar-refractivity contribution in [2.24, 2.45) is 5.28 Å². The maximum atomic E-state index is 11.3. The van der Waals surface area contributed by atoms with Gasteiger partial charge in [0.05, 0.1) is 39.1 Å². The average Bonchev–Trinajstić information content (AvgIpc) is 2.56. The molecule has 0 bridgehead atoms. The molecule has 10 nitrogen and oxygen atoms in total. The van der Waals surface area contributed by atoms with E-state index in [4.69, 9.17) is 9.47 Å². The van der Waals surface area contributed by atoms with Gasteiger partial charge in [0.25, 0.3) is 0 Å². The second kappa shape index (κ2) is 14.5. The maximum absolute atomic E-state index is 11.3. The van der Waals surface area contributed by atoms with Crippen LogP contribution in [-0.4, -0.2) is 61.3 Å². The first-order valence-electron chi connectivity index (χ1n) is 8.12. The summed E-state index contributed by atoms with van der Waals surface area (Å²) in [6.45, 7) is 5.65. The predicted molar refractivity (Wildman–Crippen MR) is 85.6 cm³/mol. The molecule has 0 aromatic heterocycles. The van der Waals surface area contributed by atoms with E-state index in [9.17, 15) is 20.0 Å². The highest BCUT2D eigenvalue weighted by Gasteiger charge is 2.14. The van der Waals surface area contributed by atoms with E-state index in [0.29, 0.717) is 39.1 Å². The number of nitrogens with zero attached hydrogens (tertiary/aromatic N) is 3. The summed E-state index contributed by atoms with van der Waals surface area (Å²) in [7, 11) is 0. The number of esters is 2. The summed E-state index contributed by atoms with van der Waals surface area (Å²) in [5, 5.41) is 28.2. The van der Waals surface area contributed by atoms with E-state index in [1.165, 1.54) is 0 Å². The van der Waals surface area contributed by atoms with E-state index in [1.54, 1.807) is 13.8 Å². The van der Waals surface area contributed by atoms with Crippen LogP contribution < -0.4 is 5.32 Å². The number of carbonyl (C=O) groups is 2. The summed E-state index contributed by atoms with van der Waals surface area (Å²) >= 11 is 0. The van der Waals surface area contributed by atoms with Crippen molar-refractivity contribution >= 4 is 11.9 Å². The maximum Gasteiger partial charge on any atom is 0.307 e. The van der Waals surface area contributed by atoms with Gasteiger partial charge in [-0.25, -0.2) is 0 Å². The van der Waals surface area contributed by atoms with E-state index in [0.717, 1.165) is 11.4 Å². The Morgan fingerprint density at radius 2 is 1.67 bits per heavy atom. The molecule has 0 aliphatic carbocycles. The highest BCUT2D eigenvalue weighted by Crippen LogP contribution is 2.00. The average molecular weight is 347 g/mol. The summed E-state index contributed by atoms with van der Waals surface area (Å²) in [4.78, 5) is 22.3. The largest absolute Gasteiger partial charge is 0.737 e. The molecule has 0 spiro atoms. The third-order valence-corrected chi connectivity index (χ3v) is 3.02. The van der Waals surface area contributed by atoms with Gasteiger partial charge in [-0.05, 0) is 38.5 Å². The van der Waals surface area contributed by atoms with Crippen molar-refractivity contribution < 1.29 is 24.0 Å².